The van der Waals surface area contributed by atoms with Crippen LogP contribution in [0.3, 0.4) is 0 Å². The third-order valence-electron chi connectivity index (χ3n) is 4.74. The normalized spacial score (nSPS) is 11.0. The van der Waals surface area contributed by atoms with Crippen molar-refractivity contribution in [2.24, 2.45) is 0 Å². The smallest absolute Gasteiger partial charge is 0.120 e. The molecule has 0 aliphatic heterocycles. The lowest BCUT2D eigenvalue weighted by molar-refractivity contribution is 0.306. The van der Waals surface area contributed by atoms with Crippen molar-refractivity contribution in [3.63, 3.8) is 0 Å². The summed E-state index contributed by atoms with van der Waals surface area (Å²) in [5, 5.41) is 4.59. The summed E-state index contributed by atoms with van der Waals surface area (Å²) in [4.78, 5) is 3.95. The van der Waals surface area contributed by atoms with Gasteiger partial charge in [0.1, 0.15) is 12.4 Å². The molecule has 0 saturated heterocycles. The maximum Gasteiger partial charge on any atom is 0.120 e. The summed E-state index contributed by atoms with van der Waals surface area (Å²) in [6.45, 7) is 0.584. The molecule has 0 bridgehead atoms. The van der Waals surface area contributed by atoms with Crippen LogP contribution in [0.5, 0.6) is 5.75 Å². The Morgan fingerprint density at radius 1 is 0.679 bits per heavy atom. The molecule has 0 amide bonds. The second-order valence-electron chi connectivity index (χ2n) is 6.60. The highest BCUT2D eigenvalue weighted by Crippen LogP contribution is 2.39. The van der Waals surface area contributed by atoms with Crippen LogP contribution in [0.2, 0.25) is 0 Å². The molecule has 2 heterocycles. The van der Waals surface area contributed by atoms with E-state index in [1.807, 2.05) is 29.5 Å². The molecule has 136 valence electrons. The Morgan fingerprint density at radius 2 is 1.57 bits per heavy atom. The molecule has 28 heavy (non-hydrogen) atoms. The van der Waals surface area contributed by atoms with Gasteiger partial charge < -0.3 is 4.74 Å². The second-order valence-corrected chi connectivity index (χ2v) is 8.64. The molecule has 3 heteroatoms. The van der Waals surface area contributed by atoms with Gasteiger partial charge in [0.2, 0.25) is 0 Å². The number of hydrogen-bond donors (Lipinski definition) is 0. The van der Waals surface area contributed by atoms with Crippen LogP contribution in [0.1, 0.15) is 5.56 Å². The highest BCUT2D eigenvalue weighted by Gasteiger charge is 2.09. The zero-order chi connectivity index (χ0) is 18.8. The van der Waals surface area contributed by atoms with Crippen LogP contribution >= 0.6 is 22.7 Å². The van der Waals surface area contributed by atoms with Crippen LogP contribution < -0.4 is 4.74 Å². The molecular weight excluding hydrogens is 380 g/mol. The molecule has 1 nitrogen and oxygen atoms in total. The Morgan fingerprint density at radius 3 is 2.43 bits per heavy atom. The van der Waals surface area contributed by atoms with Crippen molar-refractivity contribution in [3.8, 4) is 25.9 Å². The average molecular weight is 399 g/mol. The molecule has 0 unspecified atom stereocenters. The fourth-order valence-electron chi connectivity index (χ4n) is 3.34. The Kier molecular flexibility index (Phi) is 4.69. The van der Waals surface area contributed by atoms with E-state index in [0.717, 1.165) is 5.75 Å². The van der Waals surface area contributed by atoms with Gasteiger partial charge in [-0.15, -0.1) is 22.7 Å². The number of hydrogen-bond acceptors (Lipinski definition) is 3. The van der Waals surface area contributed by atoms with E-state index in [0.29, 0.717) is 6.61 Å². The van der Waals surface area contributed by atoms with Crippen molar-refractivity contribution in [3.05, 3.63) is 102 Å². The van der Waals surface area contributed by atoms with Gasteiger partial charge in [-0.1, -0.05) is 60.7 Å². The second kappa shape index (κ2) is 7.63. The molecule has 0 atom stereocenters. The Hall–Kier alpha value is -2.88. The molecular formula is C25H18OS2. The molecule has 5 rings (SSSR count). The van der Waals surface area contributed by atoms with E-state index in [9.17, 15) is 0 Å². The zero-order valence-corrected chi connectivity index (χ0v) is 16.8. The van der Waals surface area contributed by atoms with Gasteiger partial charge in [-0.05, 0) is 57.6 Å². The third-order valence-corrected chi connectivity index (χ3v) is 6.92. The first-order chi connectivity index (χ1) is 13.9. The van der Waals surface area contributed by atoms with Crippen molar-refractivity contribution in [1.29, 1.82) is 0 Å². The summed E-state index contributed by atoms with van der Waals surface area (Å²) in [5.74, 6) is 0.902. The molecule has 0 aliphatic carbocycles. The van der Waals surface area contributed by atoms with Crippen LogP contribution in [0.4, 0.5) is 0 Å². The SMILES string of the molecule is c1ccc(COc2ccc3c(-c4ccc(-c5cccs5)s4)cccc3c2)cc1. The van der Waals surface area contributed by atoms with Crippen LogP contribution in [-0.2, 0) is 6.61 Å². The highest BCUT2D eigenvalue weighted by molar-refractivity contribution is 7.23. The van der Waals surface area contributed by atoms with Gasteiger partial charge in [-0.3, -0.25) is 0 Å². The van der Waals surface area contributed by atoms with Gasteiger partial charge in [-0.2, -0.15) is 0 Å². The van der Waals surface area contributed by atoms with Crippen LogP contribution in [0.25, 0.3) is 31.0 Å². The van der Waals surface area contributed by atoms with Crippen molar-refractivity contribution in [2.45, 2.75) is 6.61 Å². The van der Waals surface area contributed by atoms with Crippen molar-refractivity contribution >= 4 is 33.4 Å². The lowest BCUT2D eigenvalue weighted by atomic mass is 10.0. The van der Waals surface area contributed by atoms with Crippen LogP contribution in [-0.4, -0.2) is 0 Å². The third kappa shape index (κ3) is 3.47. The lowest BCUT2D eigenvalue weighted by Gasteiger charge is -2.09. The van der Waals surface area contributed by atoms with Crippen molar-refractivity contribution < 1.29 is 4.74 Å². The van der Waals surface area contributed by atoms with Gasteiger partial charge in [0.25, 0.3) is 0 Å². The number of ether oxygens (including phenoxy) is 1. The molecule has 0 radical (unpaired) electrons. The molecule has 0 saturated carbocycles. The Labute approximate surface area is 172 Å². The van der Waals surface area contributed by atoms with Gasteiger partial charge in [-0.25, -0.2) is 0 Å². The summed E-state index contributed by atoms with van der Waals surface area (Å²) in [7, 11) is 0. The van der Waals surface area contributed by atoms with Gasteiger partial charge in [0, 0.05) is 14.6 Å². The van der Waals surface area contributed by atoms with Gasteiger partial charge >= 0.3 is 0 Å². The maximum atomic E-state index is 6.00. The fraction of sp³-hybridized carbons (Fsp3) is 0.0400. The van der Waals surface area contributed by atoms with Crippen LogP contribution in [0.15, 0.2) is 96.4 Å². The molecule has 0 fully saturated rings. The molecule has 0 spiro atoms. The standard InChI is InChI=1S/C25H18OS2/c1-2-6-18(7-3-1)17-26-20-11-12-21-19(16-20)8-4-9-22(21)23-13-14-25(28-23)24-10-5-15-27-24/h1-16H,17H2. The van der Waals surface area contributed by atoms with Crippen molar-refractivity contribution in [1.82, 2.24) is 0 Å². The van der Waals surface area contributed by atoms with Crippen molar-refractivity contribution in [2.75, 3.05) is 0 Å². The molecule has 2 aromatic heterocycles. The lowest BCUT2D eigenvalue weighted by Crippen LogP contribution is -1.94. The first kappa shape index (κ1) is 17.2. The zero-order valence-electron chi connectivity index (χ0n) is 15.2. The molecule has 5 aromatic rings. The van der Waals surface area contributed by atoms with E-state index in [2.05, 4.69) is 78.2 Å². The minimum absolute atomic E-state index is 0.584. The maximum absolute atomic E-state index is 6.00. The minimum Gasteiger partial charge on any atom is -0.489 e. The molecule has 3 aromatic carbocycles. The number of fused-ring (bicyclic) bond motifs is 1. The summed E-state index contributed by atoms with van der Waals surface area (Å²) >= 11 is 3.64. The molecule has 0 aliphatic rings. The first-order valence-electron chi connectivity index (χ1n) is 9.20. The van der Waals surface area contributed by atoms with E-state index in [1.165, 1.54) is 36.5 Å². The predicted octanol–water partition coefficient (Wildman–Crippen LogP) is 7.88. The number of benzene rings is 3. The predicted molar refractivity (Wildman–Crippen MR) is 121 cm³/mol. The van der Waals surface area contributed by atoms with E-state index in [-0.39, 0.29) is 0 Å². The summed E-state index contributed by atoms with van der Waals surface area (Å²) in [6.07, 6.45) is 0. The minimum atomic E-state index is 0.584. The summed E-state index contributed by atoms with van der Waals surface area (Å²) in [5.41, 5.74) is 2.45. The highest BCUT2D eigenvalue weighted by atomic mass is 32.1. The van der Waals surface area contributed by atoms with E-state index < -0.39 is 0 Å². The van der Waals surface area contributed by atoms with E-state index >= 15 is 0 Å². The fourth-order valence-corrected chi connectivity index (χ4v) is 5.22. The largest absolute Gasteiger partial charge is 0.489 e. The quantitative estimate of drug-likeness (QED) is 0.292. The summed E-state index contributed by atoms with van der Waals surface area (Å²) in [6, 6.07) is 31.9. The number of thiophene rings is 2. The number of rotatable bonds is 5. The molecule has 0 N–H and O–H groups in total. The van der Waals surface area contributed by atoms with E-state index in [1.54, 1.807) is 11.3 Å². The van der Waals surface area contributed by atoms with Gasteiger partial charge in [0.15, 0.2) is 0 Å². The Balaban J connectivity index is 1.44. The monoisotopic (exact) mass is 398 g/mol. The van der Waals surface area contributed by atoms with Crippen LogP contribution in [0, 0.1) is 0 Å². The summed E-state index contributed by atoms with van der Waals surface area (Å²) < 4.78 is 6.00. The van der Waals surface area contributed by atoms with E-state index in [4.69, 9.17) is 4.74 Å². The topological polar surface area (TPSA) is 9.23 Å². The van der Waals surface area contributed by atoms with Gasteiger partial charge in [0.05, 0.1) is 0 Å². The first-order valence-corrected chi connectivity index (χ1v) is 10.9. The average Bonchev–Trinajstić information content (AvgIpc) is 3.44. The Bertz CT molecular complexity index is 1200.